The Bertz CT molecular complexity index is 855. The first-order chi connectivity index (χ1) is 12.2. The number of fused-ring (bicyclic) bond motifs is 1. The molecule has 2 N–H and O–H groups in total. The fourth-order valence-electron chi connectivity index (χ4n) is 2.67. The molecule has 128 valence electrons. The van der Waals surface area contributed by atoms with E-state index in [0.717, 1.165) is 16.6 Å². The maximum Gasteiger partial charge on any atom is 0.153 e. The SMILES string of the molecule is C=N/C(=C\C=NCc1ccnc2[nH]ccc12)NC1(C#N)CN(SC)C1. The Morgan fingerprint density at radius 3 is 3.16 bits per heavy atom. The van der Waals surface area contributed by atoms with E-state index in [0.29, 0.717) is 25.5 Å². The van der Waals surface area contributed by atoms with E-state index in [4.69, 9.17) is 0 Å². The lowest BCUT2D eigenvalue weighted by atomic mass is 9.94. The van der Waals surface area contributed by atoms with Crippen molar-refractivity contribution in [2.24, 2.45) is 9.98 Å². The summed E-state index contributed by atoms with van der Waals surface area (Å²) in [6, 6.07) is 6.28. The molecule has 2 aromatic rings. The van der Waals surface area contributed by atoms with Crippen molar-refractivity contribution in [3.63, 3.8) is 0 Å². The minimum Gasteiger partial charge on any atom is -0.350 e. The molecule has 0 spiro atoms. The molecule has 0 radical (unpaired) electrons. The molecule has 0 aromatic carbocycles. The topological polar surface area (TPSA) is 92.5 Å². The maximum atomic E-state index is 9.41. The second kappa shape index (κ2) is 7.51. The molecule has 8 heteroatoms. The molecule has 3 rings (SSSR count). The summed E-state index contributed by atoms with van der Waals surface area (Å²) in [5, 5.41) is 13.6. The summed E-state index contributed by atoms with van der Waals surface area (Å²) in [7, 11) is 0. The fraction of sp³-hybridized carbons (Fsp3) is 0.294. The van der Waals surface area contributed by atoms with Crippen molar-refractivity contribution in [3.8, 4) is 6.07 Å². The highest BCUT2D eigenvalue weighted by Gasteiger charge is 2.43. The molecule has 0 unspecified atom stereocenters. The molecule has 0 bridgehead atoms. The Kier molecular flexibility index (Phi) is 5.16. The average molecular weight is 353 g/mol. The first-order valence-electron chi connectivity index (χ1n) is 7.76. The van der Waals surface area contributed by atoms with E-state index < -0.39 is 5.54 Å². The lowest BCUT2D eigenvalue weighted by molar-refractivity contribution is 0.195. The van der Waals surface area contributed by atoms with Crippen LogP contribution in [-0.2, 0) is 6.54 Å². The fourth-order valence-corrected chi connectivity index (χ4v) is 3.37. The largest absolute Gasteiger partial charge is 0.350 e. The third kappa shape index (κ3) is 3.73. The number of rotatable bonds is 7. The van der Waals surface area contributed by atoms with E-state index in [2.05, 4.69) is 42.4 Å². The average Bonchev–Trinajstić information content (AvgIpc) is 3.09. The van der Waals surface area contributed by atoms with E-state index in [1.165, 1.54) is 0 Å². The van der Waals surface area contributed by atoms with Gasteiger partial charge in [0.1, 0.15) is 11.5 Å². The zero-order valence-electron chi connectivity index (χ0n) is 13.9. The molecule has 25 heavy (non-hydrogen) atoms. The van der Waals surface area contributed by atoms with Crippen LogP contribution >= 0.6 is 11.9 Å². The monoisotopic (exact) mass is 353 g/mol. The summed E-state index contributed by atoms with van der Waals surface area (Å²) < 4.78 is 2.11. The molecule has 0 atom stereocenters. The maximum absolute atomic E-state index is 9.41. The van der Waals surface area contributed by atoms with Gasteiger partial charge in [-0.05, 0) is 36.7 Å². The van der Waals surface area contributed by atoms with Crippen molar-refractivity contribution in [3.05, 3.63) is 42.0 Å². The Balaban J connectivity index is 1.63. The number of H-pyrrole nitrogens is 1. The van der Waals surface area contributed by atoms with Crippen LogP contribution < -0.4 is 5.32 Å². The van der Waals surface area contributed by atoms with Crippen LogP contribution in [0.3, 0.4) is 0 Å². The summed E-state index contributed by atoms with van der Waals surface area (Å²) in [4.78, 5) is 15.7. The summed E-state index contributed by atoms with van der Waals surface area (Å²) in [5.41, 5.74) is 1.35. The van der Waals surface area contributed by atoms with Gasteiger partial charge >= 0.3 is 0 Å². The van der Waals surface area contributed by atoms with Gasteiger partial charge in [-0.15, -0.1) is 0 Å². The van der Waals surface area contributed by atoms with Gasteiger partial charge in [0, 0.05) is 37.1 Å². The molecule has 1 saturated heterocycles. The van der Waals surface area contributed by atoms with Crippen molar-refractivity contribution >= 4 is 35.9 Å². The molecule has 1 aliphatic heterocycles. The third-order valence-electron chi connectivity index (χ3n) is 4.05. The van der Waals surface area contributed by atoms with E-state index in [1.54, 1.807) is 30.4 Å². The zero-order chi connectivity index (χ0) is 17.7. The van der Waals surface area contributed by atoms with Gasteiger partial charge in [0.2, 0.25) is 0 Å². The number of hydrogen-bond acceptors (Lipinski definition) is 7. The Hall–Kier alpha value is -2.63. The normalized spacial score (nSPS) is 17.4. The van der Waals surface area contributed by atoms with E-state index in [1.807, 2.05) is 24.6 Å². The van der Waals surface area contributed by atoms with Gasteiger partial charge in [-0.3, -0.25) is 4.99 Å². The summed E-state index contributed by atoms with van der Waals surface area (Å²) in [6.45, 7) is 5.41. The van der Waals surface area contributed by atoms with Crippen LogP contribution in [0.4, 0.5) is 0 Å². The minimum atomic E-state index is -0.605. The quantitative estimate of drug-likeness (QED) is 0.587. The van der Waals surface area contributed by atoms with E-state index >= 15 is 0 Å². The number of aromatic amines is 1. The van der Waals surface area contributed by atoms with Crippen molar-refractivity contribution in [1.82, 2.24) is 19.6 Å². The highest BCUT2D eigenvalue weighted by molar-refractivity contribution is 7.96. The molecule has 0 saturated carbocycles. The first-order valence-corrected chi connectivity index (χ1v) is 8.94. The number of aromatic nitrogens is 2. The van der Waals surface area contributed by atoms with Crippen LogP contribution in [0.25, 0.3) is 11.0 Å². The van der Waals surface area contributed by atoms with Gasteiger partial charge in [-0.1, -0.05) is 11.9 Å². The van der Waals surface area contributed by atoms with Crippen LogP contribution in [0.5, 0.6) is 0 Å². The number of nitriles is 1. The van der Waals surface area contributed by atoms with Crippen molar-refractivity contribution in [1.29, 1.82) is 5.26 Å². The van der Waals surface area contributed by atoms with Crippen LogP contribution in [-0.4, -0.2) is 52.1 Å². The molecular weight excluding hydrogens is 334 g/mol. The zero-order valence-corrected chi connectivity index (χ0v) is 14.8. The highest BCUT2D eigenvalue weighted by Crippen LogP contribution is 2.26. The van der Waals surface area contributed by atoms with Crippen molar-refractivity contribution in [2.75, 3.05) is 19.3 Å². The van der Waals surface area contributed by atoms with Gasteiger partial charge in [0.05, 0.1) is 12.6 Å². The van der Waals surface area contributed by atoms with Crippen LogP contribution in [0.1, 0.15) is 5.56 Å². The van der Waals surface area contributed by atoms with Gasteiger partial charge in [0.15, 0.2) is 5.54 Å². The smallest absolute Gasteiger partial charge is 0.153 e. The number of nitrogens with one attached hydrogen (secondary N) is 2. The van der Waals surface area contributed by atoms with Crippen molar-refractivity contribution < 1.29 is 0 Å². The van der Waals surface area contributed by atoms with Gasteiger partial charge in [0.25, 0.3) is 0 Å². The number of allylic oxidation sites excluding steroid dienone is 1. The van der Waals surface area contributed by atoms with Crippen molar-refractivity contribution in [2.45, 2.75) is 12.1 Å². The van der Waals surface area contributed by atoms with Crippen LogP contribution in [0, 0.1) is 11.3 Å². The molecular formula is C17H19N7S. The van der Waals surface area contributed by atoms with Gasteiger partial charge in [-0.2, -0.15) is 5.26 Å². The second-order valence-corrected chi connectivity index (χ2v) is 6.59. The Morgan fingerprint density at radius 1 is 1.60 bits per heavy atom. The number of hydrogen-bond donors (Lipinski definition) is 2. The lowest BCUT2D eigenvalue weighted by Crippen LogP contribution is -2.65. The predicted molar refractivity (Wildman–Crippen MR) is 102 cm³/mol. The Labute approximate surface area is 150 Å². The molecule has 1 fully saturated rings. The minimum absolute atomic E-state index is 0.543. The van der Waals surface area contributed by atoms with Crippen LogP contribution in [0.2, 0.25) is 0 Å². The molecule has 7 nitrogen and oxygen atoms in total. The molecule has 0 amide bonds. The Morgan fingerprint density at radius 2 is 2.44 bits per heavy atom. The van der Waals surface area contributed by atoms with Crippen LogP contribution in [0.15, 0.2) is 46.4 Å². The standard InChI is InChI=1S/C17H19N7S/c1-19-15(23-17(10-18)11-24(12-17)25-2)5-6-20-9-13-3-7-21-16-14(13)4-8-22-16/h3-8,23H,1,9,11-12H2,2H3,(H,21,22)/b15-5+,20-6?. The number of aliphatic imine (C=N–C) groups is 2. The number of nitrogens with zero attached hydrogens (tertiary/aromatic N) is 5. The van der Waals surface area contributed by atoms with E-state index in [9.17, 15) is 5.26 Å². The van der Waals surface area contributed by atoms with Gasteiger partial charge in [-0.25, -0.2) is 14.3 Å². The summed E-state index contributed by atoms with van der Waals surface area (Å²) in [6.07, 6.45) is 9.06. The summed E-state index contributed by atoms with van der Waals surface area (Å²) in [5.74, 6) is 0.549. The lowest BCUT2D eigenvalue weighted by Gasteiger charge is -2.44. The summed E-state index contributed by atoms with van der Waals surface area (Å²) >= 11 is 1.63. The molecule has 3 heterocycles. The second-order valence-electron chi connectivity index (χ2n) is 5.71. The molecule has 1 aliphatic rings. The van der Waals surface area contributed by atoms with Gasteiger partial charge < -0.3 is 10.3 Å². The third-order valence-corrected chi connectivity index (χ3v) is 4.83. The number of pyridine rings is 1. The molecule has 2 aromatic heterocycles. The molecule has 0 aliphatic carbocycles. The predicted octanol–water partition coefficient (Wildman–Crippen LogP) is 2.12. The van der Waals surface area contributed by atoms with E-state index in [-0.39, 0.29) is 0 Å². The highest BCUT2D eigenvalue weighted by atomic mass is 32.2. The first kappa shape index (κ1) is 17.2.